The van der Waals surface area contributed by atoms with Crippen molar-refractivity contribution in [1.29, 1.82) is 5.26 Å². The van der Waals surface area contributed by atoms with Gasteiger partial charge in [-0.05, 0) is 98.4 Å². The second kappa shape index (κ2) is 4.99. The third kappa shape index (κ3) is 1.78. The number of carbonyl (C=O) groups excluding carboxylic acids is 1. The first kappa shape index (κ1) is 16.1. The Morgan fingerprint density at radius 3 is 2.84 bits per heavy atom. The van der Waals surface area contributed by atoms with Crippen LogP contribution >= 0.6 is 0 Å². The van der Waals surface area contributed by atoms with Crippen LogP contribution in [0.3, 0.4) is 0 Å². The molecule has 4 saturated carbocycles. The lowest BCUT2D eigenvalue weighted by Crippen LogP contribution is -2.54. The van der Waals surface area contributed by atoms with Crippen LogP contribution < -0.4 is 0 Å². The first-order valence-electron chi connectivity index (χ1n) is 10.6. The second-order valence-electron chi connectivity index (χ2n) is 10.1. The molecule has 4 fully saturated rings. The van der Waals surface area contributed by atoms with Crippen molar-refractivity contribution >= 4 is 5.78 Å². The molecule has 5 aliphatic rings. The fourth-order valence-electron chi connectivity index (χ4n) is 8.66. The van der Waals surface area contributed by atoms with Gasteiger partial charge in [-0.1, -0.05) is 19.4 Å². The van der Waals surface area contributed by atoms with E-state index in [4.69, 9.17) is 0 Å². The summed E-state index contributed by atoms with van der Waals surface area (Å²) in [4.78, 5) is 11.9. The normalized spacial score (nSPS) is 56.0. The van der Waals surface area contributed by atoms with Gasteiger partial charge in [-0.3, -0.25) is 4.79 Å². The molecule has 2 heteroatoms. The summed E-state index contributed by atoms with van der Waals surface area (Å²) in [5, 5.41) is 10.1. The van der Waals surface area contributed by atoms with Gasteiger partial charge in [-0.15, -0.1) is 0 Å². The van der Waals surface area contributed by atoms with E-state index in [-0.39, 0.29) is 10.8 Å². The standard InChI is InChI=1S/C23H31NO/c1-4-23-8-7-17-16-6-5-15(25)10-14(16)9-13(2)20(17)21(23)18-11-19(18)22(23,3)12-24/h10,13,16-21H,4-9,11H2,1-3H3/t13-,16+,17-,18-,19+,20-,21+,22?,23+/m1/s1. The van der Waals surface area contributed by atoms with Gasteiger partial charge in [0.1, 0.15) is 0 Å². The van der Waals surface area contributed by atoms with Crippen LogP contribution in [0.4, 0.5) is 0 Å². The maximum atomic E-state index is 11.9. The molecule has 0 heterocycles. The number of rotatable bonds is 1. The van der Waals surface area contributed by atoms with Gasteiger partial charge < -0.3 is 0 Å². The van der Waals surface area contributed by atoms with E-state index >= 15 is 0 Å². The first-order chi connectivity index (χ1) is 12.0. The molecule has 1 unspecified atom stereocenters. The van der Waals surface area contributed by atoms with E-state index in [0.717, 1.165) is 42.9 Å². The fraction of sp³-hybridized carbons (Fsp3) is 0.826. The van der Waals surface area contributed by atoms with E-state index in [9.17, 15) is 10.1 Å². The largest absolute Gasteiger partial charge is 0.295 e. The Hall–Kier alpha value is -1.10. The minimum absolute atomic E-state index is 0.0968. The molecule has 2 nitrogen and oxygen atoms in total. The number of hydrogen-bond acceptors (Lipinski definition) is 2. The van der Waals surface area contributed by atoms with Gasteiger partial charge in [0, 0.05) is 6.42 Å². The molecule has 0 N–H and O–H groups in total. The monoisotopic (exact) mass is 337 g/mol. The zero-order chi connectivity index (χ0) is 17.6. The maximum absolute atomic E-state index is 11.9. The van der Waals surface area contributed by atoms with E-state index in [0.29, 0.717) is 23.5 Å². The maximum Gasteiger partial charge on any atom is 0.155 e. The molecule has 134 valence electrons. The van der Waals surface area contributed by atoms with Crippen LogP contribution in [0.2, 0.25) is 0 Å². The number of nitrogens with zero attached hydrogens (tertiary/aromatic N) is 1. The molecule has 0 aromatic rings. The zero-order valence-corrected chi connectivity index (χ0v) is 15.9. The highest BCUT2D eigenvalue weighted by atomic mass is 16.1. The van der Waals surface area contributed by atoms with Crippen LogP contribution in [0.25, 0.3) is 0 Å². The fourth-order valence-corrected chi connectivity index (χ4v) is 8.66. The molecule has 9 atom stereocenters. The summed E-state index contributed by atoms with van der Waals surface area (Å²) in [5.41, 5.74) is 1.64. The molecule has 5 aliphatic carbocycles. The van der Waals surface area contributed by atoms with E-state index < -0.39 is 0 Å². The summed E-state index contributed by atoms with van der Waals surface area (Å²) in [6.45, 7) is 7.10. The van der Waals surface area contributed by atoms with Crippen LogP contribution in [-0.2, 0) is 4.79 Å². The smallest absolute Gasteiger partial charge is 0.155 e. The van der Waals surface area contributed by atoms with Crippen LogP contribution in [0.5, 0.6) is 0 Å². The third-order valence-electron chi connectivity index (χ3n) is 9.67. The molecule has 0 bridgehead atoms. The number of ketones is 1. The van der Waals surface area contributed by atoms with Gasteiger partial charge in [-0.25, -0.2) is 0 Å². The molecule has 0 aliphatic heterocycles. The van der Waals surface area contributed by atoms with Crippen LogP contribution in [0.1, 0.15) is 65.7 Å². The molecule has 0 aromatic carbocycles. The lowest BCUT2D eigenvalue weighted by Gasteiger charge is -2.59. The third-order valence-corrected chi connectivity index (χ3v) is 9.67. The topological polar surface area (TPSA) is 40.9 Å². The average Bonchev–Trinajstić information content (AvgIpc) is 3.36. The average molecular weight is 338 g/mol. The summed E-state index contributed by atoms with van der Waals surface area (Å²) in [6.07, 6.45) is 10.0. The molecular weight excluding hydrogens is 306 g/mol. The SMILES string of the molecule is CC[C@]12CC[C@H]3[C@H]([C@@H]1[C@@H]1C[C@@H]1C2(C)C#N)[C@H](C)CC1=CC(=O)CC[C@@H]13. The summed E-state index contributed by atoms with van der Waals surface area (Å²) in [7, 11) is 0. The molecule has 0 aromatic heterocycles. The quantitative estimate of drug-likeness (QED) is 0.664. The molecular formula is C23H31NO. The Labute approximate surface area is 152 Å². The molecule has 0 saturated heterocycles. The van der Waals surface area contributed by atoms with Gasteiger partial charge in [0.2, 0.25) is 0 Å². The lowest BCUT2D eigenvalue weighted by atomic mass is 9.44. The minimum Gasteiger partial charge on any atom is -0.295 e. The summed E-state index contributed by atoms with van der Waals surface area (Å²) < 4.78 is 0. The highest BCUT2D eigenvalue weighted by Crippen LogP contribution is 2.80. The van der Waals surface area contributed by atoms with Crippen molar-refractivity contribution in [3.05, 3.63) is 11.6 Å². The Kier molecular flexibility index (Phi) is 3.22. The number of hydrogen-bond donors (Lipinski definition) is 0. The second-order valence-corrected chi connectivity index (χ2v) is 10.1. The highest BCUT2D eigenvalue weighted by Gasteiger charge is 2.76. The van der Waals surface area contributed by atoms with Crippen molar-refractivity contribution in [2.75, 3.05) is 0 Å². The van der Waals surface area contributed by atoms with Crippen molar-refractivity contribution in [2.24, 2.45) is 52.3 Å². The Morgan fingerprint density at radius 1 is 1.32 bits per heavy atom. The predicted octanol–water partition coefficient (Wildman–Crippen LogP) is 5.15. The molecule has 5 rings (SSSR count). The number of allylic oxidation sites excluding steroid dienone is 1. The van der Waals surface area contributed by atoms with Gasteiger partial charge in [0.25, 0.3) is 0 Å². The first-order valence-corrected chi connectivity index (χ1v) is 10.6. The number of fused-ring (bicyclic) bond motifs is 7. The summed E-state index contributed by atoms with van der Waals surface area (Å²) in [6, 6.07) is 2.84. The Bertz CT molecular complexity index is 701. The minimum atomic E-state index is -0.0968. The van der Waals surface area contributed by atoms with Crippen molar-refractivity contribution in [1.82, 2.24) is 0 Å². The van der Waals surface area contributed by atoms with Crippen LogP contribution in [0, 0.1) is 63.6 Å². The Morgan fingerprint density at radius 2 is 2.12 bits per heavy atom. The van der Waals surface area contributed by atoms with E-state index in [1.165, 1.54) is 31.3 Å². The van der Waals surface area contributed by atoms with Gasteiger partial charge in [0.15, 0.2) is 5.78 Å². The lowest BCUT2D eigenvalue weighted by molar-refractivity contribution is -0.117. The Balaban J connectivity index is 1.57. The highest BCUT2D eigenvalue weighted by molar-refractivity contribution is 5.91. The predicted molar refractivity (Wildman–Crippen MR) is 97.3 cm³/mol. The van der Waals surface area contributed by atoms with E-state index in [1.807, 2.05) is 6.08 Å². The van der Waals surface area contributed by atoms with Crippen molar-refractivity contribution in [2.45, 2.75) is 65.7 Å². The summed E-state index contributed by atoms with van der Waals surface area (Å²) in [5.74, 6) is 5.51. The molecule has 25 heavy (non-hydrogen) atoms. The van der Waals surface area contributed by atoms with Crippen molar-refractivity contribution < 1.29 is 4.79 Å². The van der Waals surface area contributed by atoms with Crippen LogP contribution in [-0.4, -0.2) is 5.78 Å². The van der Waals surface area contributed by atoms with Gasteiger partial charge in [-0.2, -0.15) is 5.26 Å². The number of nitriles is 1. The number of carbonyl (C=O) groups is 1. The van der Waals surface area contributed by atoms with Crippen molar-refractivity contribution in [3.63, 3.8) is 0 Å². The molecule has 0 amide bonds. The van der Waals surface area contributed by atoms with Gasteiger partial charge in [0.05, 0.1) is 11.5 Å². The molecule has 0 spiro atoms. The summed E-state index contributed by atoms with van der Waals surface area (Å²) >= 11 is 0. The molecule has 0 radical (unpaired) electrons. The van der Waals surface area contributed by atoms with E-state index in [2.05, 4.69) is 26.8 Å². The van der Waals surface area contributed by atoms with Gasteiger partial charge >= 0.3 is 0 Å². The van der Waals surface area contributed by atoms with Crippen molar-refractivity contribution in [3.8, 4) is 6.07 Å². The van der Waals surface area contributed by atoms with Crippen LogP contribution in [0.15, 0.2) is 11.6 Å². The zero-order valence-electron chi connectivity index (χ0n) is 15.9. The van der Waals surface area contributed by atoms with E-state index in [1.54, 1.807) is 0 Å².